The summed E-state index contributed by atoms with van der Waals surface area (Å²) in [6.45, 7) is 2.91. The number of H-pyrrole nitrogens is 1. The van der Waals surface area contributed by atoms with Crippen LogP contribution in [0.4, 0.5) is 17.5 Å². The molecule has 0 radical (unpaired) electrons. The third kappa shape index (κ3) is 2.50. The summed E-state index contributed by atoms with van der Waals surface area (Å²) in [5, 5.41) is 4.34. The van der Waals surface area contributed by atoms with Gasteiger partial charge in [-0.2, -0.15) is 9.97 Å². The van der Waals surface area contributed by atoms with Gasteiger partial charge in [0.2, 0.25) is 5.95 Å². The third-order valence-corrected chi connectivity index (χ3v) is 3.96. The van der Waals surface area contributed by atoms with Gasteiger partial charge in [-0.3, -0.25) is 4.98 Å². The van der Waals surface area contributed by atoms with Gasteiger partial charge in [0.15, 0.2) is 17.0 Å². The molecule has 0 aliphatic carbocycles. The fourth-order valence-corrected chi connectivity index (χ4v) is 2.57. The molecule has 0 saturated carbocycles. The average molecular weight is 319 g/mol. The molecule has 7 nitrogen and oxygen atoms in total. The number of fused-ring (bicyclic) bond motifs is 2. The van der Waals surface area contributed by atoms with Gasteiger partial charge in [-0.1, -0.05) is 6.07 Å². The highest BCUT2D eigenvalue weighted by Gasteiger charge is 2.13. The monoisotopic (exact) mass is 319 g/mol. The Labute approximate surface area is 138 Å². The van der Waals surface area contributed by atoms with Crippen molar-refractivity contribution in [2.45, 2.75) is 6.92 Å². The second kappa shape index (κ2) is 5.77. The van der Waals surface area contributed by atoms with Crippen molar-refractivity contribution in [1.29, 1.82) is 0 Å². The third-order valence-electron chi connectivity index (χ3n) is 3.96. The number of nitrogens with one attached hydrogen (secondary N) is 2. The Balaban J connectivity index is 1.75. The number of hydrogen-bond acceptors (Lipinski definition) is 6. The van der Waals surface area contributed by atoms with Gasteiger partial charge in [0, 0.05) is 30.9 Å². The minimum atomic E-state index is 0.533. The van der Waals surface area contributed by atoms with Crippen LogP contribution in [0.2, 0.25) is 0 Å². The summed E-state index contributed by atoms with van der Waals surface area (Å²) in [4.78, 5) is 22.9. The summed E-state index contributed by atoms with van der Waals surface area (Å²) >= 11 is 0. The van der Waals surface area contributed by atoms with Crippen LogP contribution < -0.4 is 10.2 Å². The van der Waals surface area contributed by atoms with Crippen LogP contribution in [0.15, 0.2) is 42.9 Å². The molecule has 0 bridgehead atoms. The van der Waals surface area contributed by atoms with Gasteiger partial charge in [-0.05, 0) is 31.2 Å². The van der Waals surface area contributed by atoms with Gasteiger partial charge < -0.3 is 15.2 Å². The molecule has 0 spiro atoms. The van der Waals surface area contributed by atoms with Crippen LogP contribution in [-0.2, 0) is 0 Å². The summed E-state index contributed by atoms with van der Waals surface area (Å²) in [5.41, 5.74) is 3.36. The van der Waals surface area contributed by atoms with Gasteiger partial charge in [0.1, 0.15) is 0 Å². The van der Waals surface area contributed by atoms with E-state index in [-0.39, 0.29) is 0 Å². The maximum absolute atomic E-state index is 4.62. The van der Waals surface area contributed by atoms with E-state index in [1.165, 1.54) is 0 Å². The highest BCUT2D eigenvalue weighted by molar-refractivity contribution is 5.86. The average Bonchev–Trinajstić information content (AvgIpc) is 3.08. The number of aromatic amines is 1. The maximum Gasteiger partial charge on any atom is 0.231 e. The van der Waals surface area contributed by atoms with Crippen LogP contribution in [0.25, 0.3) is 22.1 Å². The van der Waals surface area contributed by atoms with E-state index >= 15 is 0 Å². The first kappa shape index (κ1) is 14.4. The van der Waals surface area contributed by atoms with Crippen molar-refractivity contribution in [3.05, 3.63) is 42.9 Å². The molecule has 0 saturated heterocycles. The molecule has 0 fully saturated rings. The summed E-state index contributed by atoms with van der Waals surface area (Å²) < 4.78 is 0. The zero-order chi connectivity index (χ0) is 16.5. The standard InChI is InChI=1S/C17H17N7/c1-3-24(2)16-14-15(20-10-19-14)22-17(23-16)21-12-6-7-13-11(9-12)5-4-8-18-13/h4-10H,3H2,1-2H3,(H2,19,20,21,22,23). The number of imidazole rings is 1. The van der Waals surface area contributed by atoms with Crippen molar-refractivity contribution in [3.8, 4) is 0 Å². The van der Waals surface area contributed by atoms with Crippen molar-refractivity contribution in [3.63, 3.8) is 0 Å². The van der Waals surface area contributed by atoms with Crippen molar-refractivity contribution in [1.82, 2.24) is 24.9 Å². The Morgan fingerprint density at radius 1 is 1.17 bits per heavy atom. The predicted octanol–water partition coefficient (Wildman–Crippen LogP) is 3.10. The first-order valence-electron chi connectivity index (χ1n) is 7.78. The van der Waals surface area contributed by atoms with Gasteiger partial charge in [-0.25, -0.2) is 4.98 Å². The molecule has 1 aromatic carbocycles. The lowest BCUT2D eigenvalue weighted by molar-refractivity contribution is 0.939. The van der Waals surface area contributed by atoms with Crippen molar-refractivity contribution < 1.29 is 0 Å². The van der Waals surface area contributed by atoms with Crippen LogP contribution in [0.5, 0.6) is 0 Å². The van der Waals surface area contributed by atoms with Gasteiger partial charge in [0.05, 0.1) is 11.8 Å². The van der Waals surface area contributed by atoms with E-state index < -0.39 is 0 Å². The van der Waals surface area contributed by atoms with Gasteiger partial charge in [-0.15, -0.1) is 0 Å². The topological polar surface area (TPSA) is 82.6 Å². The lowest BCUT2D eigenvalue weighted by Gasteiger charge is -2.16. The fraction of sp³-hybridized carbons (Fsp3) is 0.176. The second-order valence-corrected chi connectivity index (χ2v) is 5.52. The molecular weight excluding hydrogens is 302 g/mol. The minimum Gasteiger partial charge on any atom is -0.358 e. The lowest BCUT2D eigenvalue weighted by atomic mass is 10.2. The van der Waals surface area contributed by atoms with E-state index in [9.17, 15) is 0 Å². The summed E-state index contributed by atoms with van der Waals surface area (Å²) in [7, 11) is 1.99. The van der Waals surface area contributed by atoms with E-state index in [1.54, 1.807) is 12.5 Å². The summed E-state index contributed by atoms with van der Waals surface area (Å²) in [5.74, 6) is 1.33. The molecular formula is C17H17N7. The molecule has 0 aliphatic heterocycles. The van der Waals surface area contributed by atoms with E-state index in [2.05, 4.69) is 37.2 Å². The van der Waals surface area contributed by atoms with Gasteiger partial charge in [0.25, 0.3) is 0 Å². The highest BCUT2D eigenvalue weighted by atomic mass is 15.2. The quantitative estimate of drug-likeness (QED) is 0.601. The Morgan fingerprint density at radius 2 is 2.08 bits per heavy atom. The summed E-state index contributed by atoms with van der Waals surface area (Å²) in [6.07, 6.45) is 3.43. The zero-order valence-electron chi connectivity index (χ0n) is 13.5. The molecule has 0 atom stereocenters. The molecule has 24 heavy (non-hydrogen) atoms. The van der Waals surface area contributed by atoms with Crippen molar-refractivity contribution >= 4 is 39.5 Å². The predicted molar refractivity (Wildman–Crippen MR) is 95.7 cm³/mol. The minimum absolute atomic E-state index is 0.533. The number of nitrogens with zero attached hydrogens (tertiary/aromatic N) is 5. The van der Waals surface area contributed by atoms with E-state index in [1.807, 2.05) is 42.3 Å². The van der Waals surface area contributed by atoms with Crippen LogP contribution >= 0.6 is 0 Å². The summed E-state index contributed by atoms with van der Waals surface area (Å²) in [6, 6.07) is 9.94. The SMILES string of the molecule is CCN(C)c1nc(Nc2ccc3ncccc3c2)nc2[nH]cnc12. The number of pyridine rings is 1. The molecule has 7 heteroatoms. The molecule has 120 valence electrons. The maximum atomic E-state index is 4.62. The highest BCUT2D eigenvalue weighted by Crippen LogP contribution is 2.24. The van der Waals surface area contributed by atoms with Gasteiger partial charge >= 0.3 is 0 Å². The van der Waals surface area contributed by atoms with Crippen LogP contribution in [0.1, 0.15) is 6.92 Å². The lowest BCUT2D eigenvalue weighted by Crippen LogP contribution is -2.18. The van der Waals surface area contributed by atoms with Crippen molar-refractivity contribution in [2.75, 3.05) is 23.8 Å². The van der Waals surface area contributed by atoms with E-state index in [0.717, 1.165) is 34.5 Å². The molecule has 3 aromatic heterocycles. The molecule has 4 rings (SSSR count). The molecule has 2 N–H and O–H groups in total. The Morgan fingerprint density at radius 3 is 2.96 bits per heavy atom. The van der Waals surface area contributed by atoms with E-state index in [0.29, 0.717) is 11.6 Å². The first-order chi connectivity index (χ1) is 11.7. The number of hydrogen-bond donors (Lipinski definition) is 2. The normalized spacial score (nSPS) is 11.1. The van der Waals surface area contributed by atoms with E-state index in [4.69, 9.17) is 0 Å². The largest absolute Gasteiger partial charge is 0.358 e. The zero-order valence-corrected chi connectivity index (χ0v) is 13.5. The number of aromatic nitrogens is 5. The Bertz CT molecular complexity index is 1010. The van der Waals surface area contributed by atoms with Crippen LogP contribution in [-0.4, -0.2) is 38.5 Å². The van der Waals surface area contributed by atoms with Crippen LogP contribution in [0, 0.1) is 0 Å². The number of benzene rings is 1. The molecule has 4 aromatic rings. The fourth-order valence-electron chi connectivity index (χ4n) is 2.57. The molecule has 0 aliphatic rings. The molecule has 3 heterocycles. The number of anilines is 3. The Hall–Kier alpha value is -3.22. The van der Waals surface area contributed by atoms with Crippen LogP contribution in [0.3, 0.4) is 0 Å². The second-order valence-electron chi connectivity index (χ2n) is 5.52. The Kier molecular flexibility index (Phi) is 3.45. The molecule has 0 unspecified atom stereocenters. The first-order valence-corrected chi connectivity index (χ1v) is 7.78. The number of rotatable bonds is 4. The van der Waals surface area contributed by atoms with Crippen molar-refractivity contribution in [2.24, 2.45) is 0 Å². The smallest absolute Gasteiger partial charge is 0.231 e. The molecule has 0 amide bonds.